The minimum Gasteiger partial charge on any atom is -0.494 e. The van der Waals surface area contributed by atoms with Crippen LogP contribution < -0.4 is 10.1 Å². The summed E-state index contributed by atoms with van der Waals surface area (Å²) in [5.74, 6) is 0.932. The second-order valence-electron chi connectivity index (χ2n) is 4.83. The van der Waals surface area contributed by atoms with E-state index in [1.807, 2.05) is 26.1 Å². The van der Waals surface area contributed by atoms with Crippen molar-refractivity contribution >= 4 is 0 Å². The van der Waals surface area contributed by atoms with Crippen LogP contribution in [-0.4, -0.2) is 25.9 Å². The summed E-state index contributed by atoms with van der Waals surface area (Å²) in [7, 11) is 1.99. The summed E-state index contributed by atoms with van der Waals surface area (Å²) >= 11 is 0. The Morgan fingerprint density at radius 3 is 2.89 bits per heavy atom. The van der Waals surface area contributed by atoms with Crippen molar-refractivity contribution < 1.29 is 9.47 Å². The molecule has 0 radical (unpaired) electrons. The van der Waals surface area contributed by atoms with Gasteiger partial charge < -0.3 is 14.8 Å². The fourth-order valence-corrected chi connectivity index (χ4v) is 2.61. The Morgan fingerprint density at radius 2 is 2.28 bits per heavy atom. The SMILES string of the molecule is CCOc1cccc(C(NC)C2CCC(C)O2)c1. The van der Waals surface area contributed by atoms with Gasteiger partial charge in [-0.25, -0.2) is 0 Å². The highest BCUT2D eigenvalue weighted by Gasteiger charge is 2.29. The average Bonchev–Trinajstić information content (AvgIpc) is 2.78. The molecule has 0 amide bonds. The molecule has 1 fully saturated rings. The maximum Gasteiger partial charge on any atom is 0.119 e. The highest BCUT2D eigenvalue weighted by molar-refractivity contribution is 5.31. The molecule has 3 atom stereocenters. The second kappa shape index (κ2) is 6.21. The van der Waals surface area contributed by atoms with Gasteiger partial charge in [0.15, 0.2) is 0 Å². The Balaban J connectivity index is 2.13. The average molecular weight is 249 g/mol. The zero-order valence-corrected chi connectivity index (χ0v) is 11.5. The topological polar surface area (TPSA) is 30.5 Å². The van der Waals surface area contributed by atoms with Crippen LogP contribution in [-0.2, 0) is 4.74 Å². The van der Waals surface area contributed by atoms with Crippen LogP contribution >= 0.6 is 0 Å². The normalized spacial score (nSPS) is 25.1. The molecular formula is C15H23NO2. The third-order valence-corrected chi connectivity index (χ3v) is 3.48. The summed E-state index contributed by atoms with van der Waals surface area (Å²) in [6, 6.07) is 8.53. The minimum atomic E-state index is 0.246. The van der Waals surface area contributed by atoms with E-state index in [0.717, 1.165) is 18.6 Å². The fraction of sp³-hybridized carbons (Fsp3) is 0.600. The van der Waals surface area contributed by atoms with E-state index >= 15 is 0 Å². The van der Waals surface area contributed by atoms with Crippen LogP contribution in [0.25, 0.3) is 0 Å². The monoisotopic (exact) mass is 249 g/mol. The van der Waals surface area contributed by atoms with Crippen LogP contribution in [0.1, 0.15) is 38.3 Å². The number of likely N-dealkylation sites (N-methyl/N-ethyl adjacent to an activating group) is 1. The summed E-state index contributed by atoms with van der Waals surface area (Å²) in [6.45, 7) is 4.85. The first-order valence-electron chi connectivity index (χ1n) is 6.80. The van der Waals surface area contributed by atoms with Gasteiger partial charge in [-0.3, -0.25) is 0 Å². The van der Waals surface area contributed by atoms with E-state index in [-0.39, 0.29) is 12.1 Å². The van der Waals surface area contributed by atoms with Crippen molar-refractivity contribution in [1.82, 2.24) is 5.32 Å². The molecule has 18 heavy (non-hydrogen) atoms. The van der Waals surface area contributed by atoms with Gasteiger partial charge in [-0.1, -0.05) is 12.1 Å². The Bertz CT molecular complexity index is 381. The molecule has 1 aliphatic rings. The van der Waals surface area contributed by atoms with E-state index in [2.05, 4.69) is 24.4 Å². The number of hydrogen-bond donors (Lipinski definition) is 1. The molecule has 1 aliphatic heterocycles. The number of nitrogens with one attached hydrogen (secondary N) is 1. The predicted molar refractivity (Wildman–Crippen MR) is 73.0 cm³/mol. The lowest BCUT2D eigenvalue weighted by atomic mass is 9.99. The molecule has 0 bridgehead atoms. The molecule has 3 unspecified atom stereocenters. The van der Waals surface area contributed by atoms with E-state index in [0.29, 0.717) is 12.7 Å². The molecule has 1 aromatic carbocycles. The Morgan fingerprint density at radius 1 is 1.44 bits per heavy atom. The van der Waals surface area contributed by atoms with E-state index in [1.165, 1.54) is 5.56 Å². The summed E-state index contributed by atoms with van der Waals surface area (Å²) < 4.78 is 11.5. The molecule has 0 aromatic heterocycles. The van der Waals surface area contributed by atoms with Crippen LogP contribution in [0, 0.1) is 0 Å². The number of ether oxygens (including phenoxy) is 2. The van der Waals surface area contributed by atoms with E-state index in [4.69, 9.17) is 9.47 Å². The van der Waals surface area contributed by atoms with Crippen LogP contribution in [0.15, 0.2) is 24.3 Å². The summed E-state index contributed by atoms with van der Waals surface area (Å²) in [4.78, 5) is 0. The molecule has 0 spiro atoms. The number of rotatable bonds is 5. The summed E-state index contributed by atoms with van der Waals surface area (Å²) in [5.41, 5.74) is 1.24. The number of benzene rings is 1. The van der Waals surface area contributed by atoms with Gasteiger partial charge in [0, 0.05) is 0 Å². The molecule has 1 heterocycles. The molecule has 3 heteroatoms. The maximum atomic E-state index is 5.97. The standard InChI is InChI=1S/C15H23NO2/c1-4-17-13-7-5-6-12(10-13)15(16-3)14-9-8-11(2)18-14/h5-7,10-11,14-16H,4,8-9H2,1-3H3. The molecule has 3 nitrogen and oxygen atoms in total. The summed E-state index contributed by atoms with van der Waals surface area (Å²) in [5, 5.41) is 3.37. The largest absolute Gasteiger partial charge is 0.494 e. The molecule has 1 saturated heterocycles. The zero-order valence-electron chi connectivity index (χ0n) is 11.5. The number of hydrogen-bond acceptors (Lipinski definition) is 3. The molecule has 100 valence electrons. The predicted octanol–water partition coefficient (Wildman–Crippen LogP) is 2.91. The Labute approximate surface area is 109 Å². The summed E-state index contributed by atoms with van der Waals surface area (Å²) in [6.07, 6.45) is 2.90. The lowest BCUT2D eigenvalue weighted by molar-refractivity contribution is 0.0333. The maximum absolute atomic E-state index is 5.97. The lowest BCUT2D eigenvalue weighted by Crippen LogP contribution is -2.29. The van der Waals surface area contributed by atoms with Gasteiger partial charge in [0.05, 0.1) is 24.9 Å². The second-order valence-corrected chi connectivity index (χ2v) is 4.83. The highest BCUT2D eigenvalue weighted by Crippen LogP contribution is 2.31. The van der Waals surface area contributed by atoms with Gasteiger partial charge in [-0.05, 0) is 51.4 Å². The highest BCUT2D eigenvalue weighted by atomic mass is 16.5. The van der Waals surface area contributed by atoms with Crippen LogP contribution in [0.5, 0.6) is 5.75 Å². The van der Waals surface area contributed by atoms with Crippen molar-refractivity contribution in [2.75, 3.05) is 13.7 Å². The van der Waals surface area contributed by atoms with Crippen molar-refractivity contribution in [3.8, 4) is 5.75 Å². The van der Waals surface area contributed by atoms with Gasteiger partial charge in [0.1, 0.15) is 5.75 Å². The first-order chi connectivity index (χ1) is 8.74. The lowest BCUT2D eigenvalue weighted by Gasteiger charge is -2.24. The third-order valence-electron chi connectivity index (χ3n) is 3.48. The Kier molecular flexibility index (Phi) is 4.61. The minimum absolute atomic E-state index is 0.246. The van der Waals surface area contributed by atoms with Gasteiger partial charge in [0.25, 0.3) is 0 Å². The van der Waals surface area contributed by atoms with Crippen molar-refractivity contribution in [2.45, 2.75) is 44.9 Å². The zero-order chi connectivity index (χ0) is 13.0. The fourth-order valence-electron chi connectivity index (χ4n) is 2.61. The molecule has 0 aliphatic carbocycles. The van der Waals surface area contributed by atoms with Crippen molar-refractivity contribution in [1.29, 1.82) is 0 Å². The van der Waals surface area contributed by atoms with E-state index in [9.17, 15) is 0 Å². The van der Waals surface area contributed by atoms with Crippen LogP contribution in [0.3, 0.4) is 0 Å². The molecule has 1 N–H and O–H groups in total. The van der Waals surface area contributed by atoms with Crippen LogP contribution in [0.2, 0.25) is 0 Å². The van der Waals surface area contributed by atoms with Crippen molar-refractivity contribution in [3.05, 3.63) is 29.8 Å². The molecule has 2 rings (SSSR count). The van der Waals surface area contributed by atoms with Gasteiger partial charge >= 0.3 is 0 Å². The van der Waals surface area contributed by atoms with Crippen molar-refractivity contribution in [2.24, 2.45) is 0 Å². The van der Waals surface area contributed by atoms with Crippen molar-refractivity contribution in [3.63, 3.8) is 0 Å². The van der Waals surface area contributed by atoms with E-state index in [1.54, 1.807) is 0 Å². The third kappa shape index (κ3) is 3.03. The first kappa shape index (κ1) is 13.4. The van der Waals surface area contributed by atoms with Gasteiger partial charge in [-0.15, -0.1) is 0 Å². The van der Waals surface area contributed by atoms with Gasteiger partial charge in [-0.2, -0.15) is 0 Å². The van der Waals surface area contributed by atoms with E-state index < -0.39 is 0 Å². The van der Waals surface area contributed by atoms with Crippen LogP contribution in [0.4, 0.5) is 0 Å². The molecular weight excluding hydrogens is 226 g/mol. The molecule has 0 saturated carbocycles. The first-order valence-corrected chi connectivity index (χ1v) is 6.80. The Hall–Kier alpha value is -1.06. The quantitative estimate of drug-likeness (QED) is 0.870. The smallest absolute Gasteiger partial charge is 0.119 e. The van der Waals surface area contributed by atoms with Gasteiger partial charge in [0.2, 0.25) is 0 Å². The molecule has 1 aromatic rings.